The highest BCUT2D eigenvalue weighted by molar-refractivity contribution is 7.91. The van der Waals surface area contributed by atoms with Crippen LogP contribution in [0.4, 0.5) is 4.79 Å². The van der Waals surface area contributed by atoms with Gasteiger partial charge in [0, 0.05) is 25.7 Å². The van der Waals surface area contributed by atoms with Crippen molar-refractivity contribution in [2.75, 3.05) is 31.2 Å². The van der Waals surface area contributed by atoms with Gasteiger partial charge in [-0.05, 0) is 19.3 Å². The zero-order chi connectivity index (χ0) is 14.6. The summed E-state index contributed by atoms with van der Waals surface area (Å²) in [5.74, 6) is 0.218. The first-order valence-electron chi connectivity index (χ1n) is 6.99. The molecule has 2 aliphatic heterocycles. The molecule has 0 aromatic rings. The summed E-state index contributed by atoms with van der Waals surface area (Å²) in [4.78, 5) is 13.8. The van der Waals surface area contributed by atoms with Crippen LogP contribution in [0.25, 0.3) is 0 Å². The van der Waals surface area contributed by atoms with Gasteiger partial charge in [0.1, 0.15) is 0 Å². The lowest BCUT2D eigenvalue weighted by Crippen LogP contribution is -2.49. The van der Waals surface area contributed by atoms with Gasteiger partial charge in [-0.2, -0.15) is 0 Å². The Morgan fingerprint density at radius 3 is 2.80 bits per heavy atom. The Bertz CT molecular complexity index is 457. The van der Waals surface area contributed by atoms with Crippen molar-refractivity contribution in [3.63, 3.8) is 0 Å². The number of nitrogens with one attached hydrogen (secondary N) is 1. The van der Waals surface area contributed by atoms with Crippen LogP contribution in [0, 0.1) is 0 Å². The molecule has 6 nitrogen and oxygen atoms in total. The van der Waals surface area contributed by atoms with E-state index in [0.717, 1.165) is 19.4 Å². The molecule has 0 spiro atoms. The molecule has 0 aliphatic carbocycles. The molecule has 114 valence electrons. The molecular formula is C13H22N2O4S. The minimum absolute atomic E-state index is 0.0211. The van der Waals surface area contributed by atoms with Crippen LogP contribution in [-0.4, -0.2) is 62.7 Å². The quantitative estimate of drug-likeness (QED) is 0.753. The highest BCUT2D eigenvalue weighted by atomic mass is 32.2. The summed E-state index contributed by atoms with van der Waals surface area (Å²) in [7, 11) is -3.01. The van der Waals surface area contributed by atoms with Crippen molar-refractivity contribution in [2.45, 2.75) is 31.4 Å². The van der Waals surface area contributed by atoms with Crippen molar-refractivity contribution >= 4 is 15.9 Å². The average Bonchev–Trinajstić information content (AvgIpc) is 3.02. The maximum absolute atomic E-state index is 12.2. The number of nitrogens with zero attached hydrogens (tertiary/aromatic N) is 1. The molecule has 20 heavy (non-hydrogen) atoms. The SMILES string of the molecule is C=CCNC(=O)N(C[C@@H]1CCCO1)[C@@H]1CCS(=O)(=O)C1. The van der Waals surface area contributed by atoms with E-state index in [1.165, 1.54) is 0 Å². The molecule has 2 aliphatic rings. The van der Waals surface area contributed by atoms with E-state index < -0.39 is 9.84 Å². The number of rotatable bonds is 5. The monoisotopic (exact) mass is 302 g/mol. The number of carbonyl (C=O) groups excluding carboxylic acids is 1. The van der Waals surface area contributed by atoms with Gasteiger partial charge in [0.15, 0.2) is 9.84 Å². The molecule has 0 aromatic carbocycles. The molecule has 2 rings (SSSR count). The topological polar surface area (TPSA) is 75.7 Å². The van der Waals surface area contributed by atoms with Crippen LogP contribution in [-0.2, 0) is 14.6 Å². The van der Waals surface area contributed by atoms with E-state index in [-0.39, 0.29) is 29.7 Å². The van der Waals surface area contributed by atoms with Crippen LogP contribution >= 0.6 is 0 Å². The number of carbonyl (C=O) groups is 1. The minimum atomic E-state index is -3.01. The zero-order valence-electron chi connectivity index (χ0n) is 11.6. The van der Waals surface area contributed by atoms with Gasteiger partial charge >= 0.3 is 6.03 Å². The van der Waals surface area contributed by atoms with E-state index in [0.29, 0.717) is 19.5 Å². The lowest BCUT2D eigenvalue weighted by atomic mass is 10.2. The van der Waals surface area contributed by atoms with Crippen LogP contribution < -0.4 is 5.32 Å². The average molecular weight is 302 g/mol. The summed E-state index contributed by atoms with van der Waals surface area (Å²) in [5, 5.41) is 2.73. The van der Waals surface area contributed by atoms with Crippen LogP contribution in [0.2, 0.25) is 0 Å². The highest BCUT2D eigenvalue weighted by Crippen LogP contribution is 2.21. The van der Waals surface area contributed by atoms with Gasteiger partial charge in [-0.25, -0.2) is 13.2 Å². The Labute approximate surface area is 120 Å². The highest BCUT2D eigenvalue weighted by Gasteiger charge is 2.36. The maximum Gasteiger partial charge on any atom is 0.318 e. The lowest BCUT2D eigenvalue weighted by molar-refractivity contribution is 0.0724. The fraction of sp³-hybridized carbons (Fsp3) is 0.769. The van der Waals surface area contributed by atoms with E-state index >= 15 is 0 Å². The molecule has 0 saturated carbocycles. The molecule has 2 amide bonds. The van der Waals surface area contributed by atoms with Crippen molar-refractivity contribution in [1.82, 2.24) is 10.2 Å². The first-order valence-corrected chi connectivity index (χ1v) is 8.81. The normalized spacial score (nSPS) is 28.2. The molecule has 7 heteroatoms. The van der Waals surface area contributed by atoms with E-state index in [1.807, 2.05) is 0 Å². The first kappa shape index (κ1) is 15.3. The van der Waals surface area contributed by atoms with Crippen LogP contribution in [0.15, 0.2) is 12.7 Å². The molecule has 0 radical (unpaired) electrons. The number of ether oxygens (including phenoxy) is 1. The summed E-state index contributed by atoms with van der Waals surface area (Å²) < 4.78 is 28.8. The Morgan fingerprint density at radius 1 is 1.45 bits per heavy atom. The zero-order valence-corrected chi connectivity index (χ0v) is 12.4. The number of hydrogen-bond donors (Lipinski definition) is 1. The molecule has 0 bridgehead atoms. The Morgan fingerprint density at radius 2 is 2.25 bits per heavy atom. The predicted molar refractivity (Wildman–Crippen MR) is 76.3 cm³/mol. The molecule has 1 N–H and O–H groups in total. The Kier molecular flexibility index (Phi) is 5.04. The van der Waals surface area contributed by atoms with Crippen LogP contribution in [0.1, 0.15) is 19.3 Å². The van der Waals surface area contributed by atoms with E-state index in [4.69, 9.17) is 4.74 Å². The smallest absolute Gasteiger partial charge is 0.318 e. The molecule has 2 heterocycles. The first-order chi connectivity index (χ1) is 9.52. The van der Waals surface area contributed by atoms with Crippen molar-refractivity contribution in [3.05, 3.63) is 12.7 Å². The summed E-state index contributed by atoms with van der Waals surface area (Å²) in [6, 6.07) is -0.475. The van der Waals surface area contributed by atoms with Gasteiger partial charge in [-0.1, -0.05) is 6.08 Å². The van der Waals surface area contributed by atoms with E-state index in [1.54, 1.807) is 11.0 Å². The Balaban J connectivity index is 2.02. The number of urea groups is 1. The second-order valence-electron chi connectivity index (χ2n) is 5.32. The third-order valence-electron chi connectivity index (χ3n) is 3.73. The van der Waals surface area contributed by atoms with Crippen LogP contribution in [0.5, 0.6) is 0 Å². The molecule has 0 unspecified atom stereocenters. The summed E-state index contributed by atoms with van der Waals surface area (Å²) in [6.07, 6.45) is 4.05. The molecular weight excluding hydrogens is 280 g/mol. The fourth-order valence-electron chi connectivity index (χ4n) is 2.69. The van der Waals surface area contributed by atoms with Gasteiger partial charge < -0.3 is 15.0 Å². The third-order valence-corrected chi connectivity index (χ3v) is 5.48. The molecule has 0 aromatic heterocycles. The van der Waals surface area contributed by atoms with Crippen molar-refractivity contribution < 1.29 is 17.9 Å². The van der Waals surface area contributed by atoms with Crippen molar-refractivity contribution in [2.24, 2.45) is 0 Å². The summed E-state index contributed by atoms with van der Waals surface area (Å²) >= 11 is 0. The van der Waals surface area contributed by atoms with E-state index in [9.17, 15) is 13.2 Å². The van der Waals surface area contributed by atoms with Crippen LogP contribution in [0.3, 0.4) is 0 Å². The largest absolute Gasteiger partial charge is 0.376 e. The molecule has 2 atom stereocenters. The Hall–Kier alpha value is -1.08. The number of hydrogen-bond acceptors (Lipinski definition) is 4. The van der Waals surface area contributed by atoms with Gasteiger partial charge in [-0.15, -0.1) is 6.58 Å². The minimum Gasteiger partial charge on any atom is -0.376 e. The predicted octanol–water partition coefficient (Wildman–Crippen LogP) is 0.550. The van der Waals surface area contributed by atoms with Crippen molar-refractivity contribution in [3.8, 4) is 0 Å². The molecule has 2 saturated heterocycles. The van der Waals surface area contributed by atoms with Gasteiger partial charge in [0.2, 0.25) is 0 Å². The summed E-state index contributed by atoms with van der Waals surface area (Å²) in [5.41, 5.74) is 0. The molecule has 2 fully saturated rings. The maximum atomic E-state index is 12.2. The second kappa shape index (κ2) is 6.58. The number of amides is 2. The van der Waals surface area contributed by atoms with Gasteiger partial charge in [-0.3, -0.25) is 0 Å². The second-order valence-corrected chi connectivity index (χ2v) is 7.55. The van der Waals surface area contributed by atoms with E-state index in [2.05, 4.69) is 11.9 Å². The van der Waals surface area contributed by atoms with Gasteiger partial charge in [0.25, 0.3) is 0 Å². The summed E-state index contributed by atoms with van der Waals surface area (Å²) in [6.45, 7) is 5.12. The lowest BCUT2D eigenvalue weighted by Gasteiger charge is -2.30. The van der Waals surface area contributed by atoms with Gasteiger partial charge in [0.05, 0.1) is 17.6 Å². The third kappa shape index (κ3) is 3.96. The fourth-order valence-corrected chi connectivity index (χ4v) is 4.42. The number of sulfone groups is 1. The standard InChI is InChI=1S/C13H22N2O4S/c1-2-6-14-13(16)15(9-12-4-3-7-19-12)11-5-8-20(17,18)10-11/h2,11-12H,1,3-10H2,(H,14,16)/t11-,12+/m1/s1. The van der Waals surface area contributed by atoms with Crippen molar-refractivity contribution in [1.29, 1.82) is 0 Å².